The van der Waals surface area contributed by atoms with E-state index in [1.165, 1.54) is 0 Å². The fourth-order valence-corrected chi connectivity index (χ4v) is 18.7. The van der Waals surface area contributed by atoms with E-state index in [4.69, 9.17) is 13.6 Å². The monoisotopic (exact) mass is 1430 g/mol. The molecule has 0 aromatic heterocycles. The average molecular weight is 1430 g/mol. The van der Waals surface area contributed by atoms with Crippen LogP contribution in [0.5, 0.6) is 17.2 Å². The highest BCUT2D eigenvalue weighted by Crippen LogP contribution is 2.65. The van der Waals surface area contributed by atoms with Crippen molar-refractivity contribution in [2.24, 2.45) is 0 Å². The van der Waals surface area contributed by atoms with Crippen LogP contribution in [0, 0.1) is 20.8 Å². The van der Waals surface area contributed by atoms with Gasteiger partial charge in [-0.15, -0.1) is 0 Å². The Labute approximate surface area is 641 Å². The third kappa shape index (κ3) is 14.2. The van der Waals surface area contributed by atoms with Gasteiger partial charge in [0.1, 0.15) is 17.2 Å². The lowest BCUT2D eigenvalue weighted by Crippen LogP contribution is -2.37. The third-order valence-electron chi connectivity index (χ3n) is 21.7. The largest absolute Gasteiger partial charge is 0.647 e. The van der Waals surface area contributed by atoms with Crippen molar-refractivity contribution in [3.63, 3.8) is 0 Å². The Morgan fingerprint density at radius 2 is 0.346 bits per heavy atom. The van der Waals surface area contributed by atoms with Crippen molar-refractivity contribution in [3.8, 4) is 17.2 Å². The van der Waals surface area contributed by atoms with Gasteiger partial charge < -0.3 is 13.6 Å². The summed E-state index contributed by atoms with van der Waals surface area (Å²) in [6, 6.07) is 105. The molecule has 0 fully saturated rings. The second kappa shape index (κ2) is 29.1. The molecule has 0 saturated heterocycles. The Hall–Kier alpha value is -9.73. The Morgan fingerprint density at radius 1 is 0.206 bits per heavy atom. The summed E-state index contributed by atoms with van der Waals surface area (Å²) < 4.78 is 45.0. The fourth-order valence-electron chi connectivity index (χ4n) is 17.3. The van der Waals surface area contributed by atoms with E-state index in [9.17, 15) is 0 Å². The summed E-state index contributed by atoms with van der Waals surface area (Å²) >= 11 is 0. The number of hydrogen-bond donors (Lipinski definition) is 0. The molecule has 12 aromatic rings. The van der Waals surface area contributed by atoms with Crippen LogP contribution in [-0.2, 0) is 53.3 Å². The van der Waals surface area contributed by atoms with E-state index in [2.05, 4.69) is 437 Å². The molecule has 548 valence electrons. The van der Waals surface area contributed by atoms with E-state index >= 15 is 4.57 Å². The van der Waals surface area contributed by atoms with Crippen molar-refractivity contribution in [3.05, 3.63) is 408 Å². The smallest absolute Gasteiger partial charge is 0.385 e. The summed E-state index contributed by atoms with van der Waals surface area (Å²) in [7, 11) is -5.37. The lowest BCUT2D eigenvalue weighted by atomic mass is 9.60. The molecule has 4 nitrogen and oxygen atoms in total. The molecule has 12 rings (SSSR count). The van der Waals surface area contributed by atoms with E-state index in [0.29, 0.717) is 17.2 Å². The van der Waals surface area contributed by atoms with E-state index in [1.807, 2.05) is 0 Å². The van der Waals surface area contributed by atoms with Crippen LogP contribution in [-0.4, -0.2) is 0 Å². The zero-order valence-corrected chi connectivity index (χ0v) is 68.2. The van der Waals surface area contributed by atoms with Crippen LogP contribution in [0.4, 0.5) is 0 Å². The maximum atomic E-state index is 19.7. The maximum absolute atomic E-state index is 19.7. The molecule has 107 heavy (non-hydrogen) atoms. The topological polar surface area (TPSA) is 44.8 Å². The molecule has 0 heterocycles. The zero-order chi connectivity index (χ0) is 76.9. The molecule has 0 aliphatic heterocycles. The number of benzene rings is 12. The van der Waals surface area contributed by atoms with Gasteiger partial charge in [-0.05, 0) is 137 Å². The van der Waals surface area contributed by atoms with Crippen molar-refractivity contribution >= 4 is 7.82 Å². The molecular formula is C102H111O4P. The third-order valence-corrected chi connectivity index (χ3v) is 22.9. The first-order chi connectivity index (χ1) is 50.5. The van der Waals surface area contributed by atoms with Gasteiger partial charge >= 0.3 is 7.82 Å². The van der Waals surface area contributed by atoms with Gasteiger partial charge in [0.15, 0.2) is 0 Å². The van der Waals surface area contributed by atoms with Crippen LogP contribution in [0.15, 0.2) is 291 Å². The molecule has 5 heteroatoms. The van der Waals surface area contributed by atoms with Crippen molar-refractivity contribution in [1.29, 1.82) is 0 Å². The van der Waals surface area contributed by atoms with Gasteiger partial charge in [0.2, 0.25) is 0 Å². The first-order valence-corrected chi connectivity index (χ1v) is 39.7. The van der Waals surface area contributed by atoms with Crippen LogP contribution >= 0.6 is 7.82 Å². The second-order valence-electron chi connectivity index (χ2n) is 35.7. The minimum Gasteiger partial charge on any atom is -0.385 e. The van der Waals surface area contributed by atoms with Gasteiger partial charge in [0.05, 0.1) is 16.2 Å². The lowest BCUT2D eigenvalue weighted by molar-refractivity contribution is 0.282. The quantitative estimate of drug-likeness (QED) is 0.0634. The summed E-state index contributed by atoms with van der Waals surface area (Å²) in [4.78, 5) is 0. The minimum absolute atomic E-state index is 0.449. The van der Waals surface area contributed by atoms with Crippen molar-refractivity contribution in [2.45, 2.75) is 194 Å². The molecule has 0 radical (unpaired) electrons. The van der Waals surface area contributed by atoms with Crippen LogP contribution in [0.3, 0.4) is 0 Å². The van der Waals surface area contributed by atoms with Crippen LogP contribution < -0.4 is 13.6 Å². The Morgan fingerprint density at radius 3 is 0.467 bits per heavy atom. The van der Waals surface area contributed by atoms with Gasteiger partial charge in [-0.1, -0.05) is 416 Å². The summed E-state index contributed by atoms with van der Waals surface area (Å²) in [5, 5.41) is 0. The standard InChI is InChI=1S/C102H111O4P/c1-70-67-82(94(4,5)6)91(88(97(13,14)15)85(70)100(73-49-31-22-32-50-73,74-51-33-23-34-52-74)75-53-35-24-36-54-75)104-107(103,105-92-83(95(7,8)9)68-71(2)86(89(92)98(16,17)18)101(76-55-37-25-38-56-76,77-57-39-26-40-58-77)78-59-41-27-42-60-78)106-93-84(96(10,11)12)69-72(3)87(90(93)99(19,20)21)102(79-61-43-28-44-62-79,80-63-45-29-46-64-80)81-65-47-30-48-66-81/h22-69H,1-21H3. The van der Waals surface area contributed by atoms with E-state index in [1.54, 1.807) is 0 Å². The van der Waals surface area contributed by atoms with Crippen LogP contribution in [0.1, 0.15) is 241 Å². The van der Waals surface area contributed by atoms with E-state index < -0.39 is 56.6 Å². The SMILES string of the molecule is Cc1cc(C(C)(C)C)c(OP(=O)(Oc2c(C(C)(C)C)cc(C)c(C(c3ccccc3)(c3ccccc3)c3ccccc3)c2C(C)(C)C)Oc2c(C(C)(C)C)cc(C)c(C(c3ccccc3)(c3ccccc3)c3ccccc3)c2C(C)(C)C)c(C(C)(C)C)c1C(c1ccccc1)(c1ccccc1)c1ccccc1. The highest BCUT2D eigenvalue weighted by atomic mass is 31.2. The summed E-state index contributed by atoms with van der Waals surface area (Å²) in [5.74, 6) is 1.35. The van der Waals surface area contributed by atoms with Gasteiger partial charge in [-0.3, -0.25) is 0 Å². The van der Waals surface area contributed by atoms with Crippen molar-refractivity contribution < 1.29 is 18.1 Å². The highest BCUT2D eigenvalue weighted by molar-refractivity contribution is 7.49. The van der Waals surface area contributed by atoms with Crippen molar-refractivity contribution in [2.75, 3.05) is 0 Å². The normalized spacial score (nSPS) is 12.9. The molecule has 12 aromatic carbocycles. The van der Waals surface area contributed by atoms with Gasteiger partial charge in [0, 0.05) is 33.4 Å². The second-order valence-corrected chi connectivity index (χ2v) is 37.2. The number of rotatable bonds is 18. The van der Waals surface area contributed by atoms with E-state index in [-0.39, 0.29) is 0 Å². The molecule has 0 N–H and O–H groups in total. The Balaban J connectivity index is 1.33. The highest BCUT2D eigenvalue weighted by Gasteiger charge is 2.53. The number of hydrogen-bond acceptors (Lipinski definition) is 4. The lowest BCUT2D eigenvalue weighted by Gasteiger charge is -2.44. The molecule has 0 bridgehead atoms. The first kappa shape index (κ1) is 76.9. The predicted octanol–water partition coefficient (Wildman–Crippen LogP) is 27.2. The number of phosphoric acid groups is 1. The molecule has 0 atom stereocenters. The first-order valence-electron chi connectivity index (χ1n) is 38.3. The van der Waals surface area contributed by atoms with E-state index in [0.717, 1.165) is 117 Å². The number of phosphoric ester groups is 1. The van der Waals surface area contributed by atoms with Crippen LogP contribution in [0.2, 0.25) is 0 Å². The molecule has 0 saturated carbocycles. The summed E-state index contributed by atoms with van der Waals surface area (Å²) in [6.07, 6.45) is 0. The van der Waals surface area contributed by atoms with Gasteiger partial charge in [-0.25, -0.2) is 0 Å². The predicted molar refractivity (Wildman–Crippen MR) is 450 cm³/mol. The molecule has 0 aliphatic carbocycles. The fraction of sp³-hybridized carbons (Fsp3) is 0.294. The van der Waals surface area contributed by atoms with Crippen molar-refractivity contribution in [1.82, 2.24) is 0 Å². The molecule has 0 unspecified atom stereocenters. The van der Waals surface area contributed by atoms with Gasteiger partial charge in [-0.2, -0.15) is 4.57 Å². The summed E-state index contributed by atoms with van der Waals surface area (Å²) in [5.41, 5.74) is 14.1. The minimum atomic E-state index is -5.37. The Kier molecular flexibility index (Phi) is 20.9. The molecule has 0 spiro atoms. The molecule has 0 amide bonds. The zero-order valence-electron chi connectivity index (χ0n) is 67.3. The summed E-state index contributed by atoms with van der Waals surface area (Å²) in [6.45, 7) is 47.4. The molecule has 0 aliphatic rings. The molecular weight excluding hydrogens is 1320 g/mol. The maximum Gasteiger partial charge on any atom is 0.647 e. The van der Waals surface area contributed by atoms with Crippen LogP contribution in [0.25, 0.3) is 0 Å². The Bertz CT molecular complexity index is 4320. The van der Waals surface area contributed by atoms with Gasteiger partial charge in [0.25, 0.3) is 0 Å². The number of aryl methyl sites for hydroxylation is 3. The average Bonchev–Trinajstić information content (AvgIpc) is 0.713.